The Hall–Kier alpha value is -1.24. The topological polar surface area (TPSA) is 53.3 Å². The first kappa shape index (κ1) is 18.1. The summed E-state index contributed by atoms with van der Waals surface area (Å²) in [6, 6.07) is 2.60. The molecule has 2 rings (SSSR count). The number of carbonyl (C=O) groups excluding carboxylic acids is 1. The molecular formula is C19H32N2O2. The van der Waals surface area contributed by atoms with E-state index in [2.05, 4.69) is 6.07 Å². The van der Waals surface area contributed by atoms with Gasteiger partial charge in [-0.3, -0.25) is 0 Å². The van der Waals surface area contributed by atoms with Crippen molar-refractivity contribution in [3.05, 3.63) is 0 Å². The van der Waals surface area contributed by atoms with Crippen LogP contribution in [0.4, 0.5) is 4.79 Å². The van der Waals surface area contributed by atoms with E-state index in [1.807, 2.05) is 39.5 Å². The Morgan fingerprint density at radius 2 is 1.65 bits per heavy atom. The van der Waals surface area contributed by atoms with Gasteiger partial charge in [0.25, 0.3) is 0 Å². The summed E-state index contributed by atoms with van der Waals surface area (Å²) >= 11 is 0. The summed E-state index contributed by atoms with van der Waals surface area (Å²) in [6.45, 7) is 9.60. The average molecular weight is 320 g/mol. The van der Waals surface area contributed by atoms with Gasteiger partial charge < -0.3 is 9.64 Å². The summed E-state index contributed by atoms with van der Waals surface area (Å²) in [5.74, 6) is 0.566. The van der Waals surface area contributed by atoms with Crippen LogP contribution in [-0.4, -0.2) is 28.7 Å². The normalized spacial score (nSPS) is 26.9. The fourth-order valence-corrected chi connectivity index (χ4v) is 4.18. The van der Waals surface area contributed by atoms with E-state index >= 15 is 0 Å². The Labute approximate surface area is 141 Å². The fourth-order valence-electron chi connectivity index (χ4n) is 4.18. The summed E-state index contributed by atoms with van der Waals surface area (Å²) in [5, 5.41) is 9.55. The van der Waals surface area contributed by atoms with Crippen LogP contribution in [-0.2, 0) is 4.74 Å². The molecule has 0 aromatic heterocycles. The lowest BCUT2D eigenvalue weighted by Gasteiger charge is -2.40. The minimum absolute atomic E-state index is 0.0470. The molecule has 1 aliphatic heterocycles. The van der Waals surface area contributed by atoms with Gasteiger partial charge in [0.2, 0.25) is 0 Å². The highest BCUT2D eigenvalue weighted by atomic mass is 16.6. The maximum Gasteiger partial charge on any atom is 0.410 e. The van der Waals surface area contributed by atoms with Crippen LogP contribution in [0, 0.1) is 22.7 Å². The first-order valence-electron chi connectivity index (χ1n) is 9.08. The van der Waals surface area contributed by atoms with E-state index in [1.54, 1.807) is 0 Å². The van der Waals surface area contributed by atoms with Crippen LogP contribution in [0.5, 0.6) is 0 Å². The molecule has 2 atom stereocenters. The molecule has 0 N–H and O–H groups in total. The molecule has 1 saturated carbocycles. The number of nitriles is 1. The zero-order valence-corrected chi connectivity index (χ0v) is 15.4. The smallest absolute Gasteiger partial charge is 0.410 e. The molecule has 4 heteroatoms. The van der Waals surface area contributed by atoms with Crippen molar-refractivity contribution in [1.82, 2.24) is 4.90 Å². The maximum absolute atomic E-state index is 12.9. The van der Waals surface area contributed by atoms with E-state index in [4.69, 9.17) is 4.74 Å². The van der Waals surface area contributed by atoms with E-state index < -0.39 is 11.0 Å². The highest BCUT2D eigenvalue weighted by Gasteiger charge is 2.48. The quantitative estimate of drug-likeness (QED) is 0.728. The van der Waals surface area contributed by atoms with Crippen LogP contribution >= 0.6 is 0 Å². The number of rotatable bonds is 2. The lowest BCUT2D eigenvalue weighted by Crippen LogP contribution is -2.51. The van der Waals surface area contributed by atoms with Gasteiger partial charge in [-0.15, -0.1) is 0 Å². The van der Waals surface area contributed by atoms with E-state index in [9.17, 15) is 10.1 Å². The Morgan fingerprint density at radius 1 is 1.04 bits per heavy atom. The Kier molecular flexibility index (Phi) is 5.28. The van der Waals surface area contributed by atoms with Gasteiger partial charge in [0.15, 0.2) is 0 Å². The highest BCUT2D eigenvalue weighted by Crippen LogP contribution is 2.42. The van der Waals surface area contributed by atoms with Crippen molar-refractivity contribution < 1.29 is 9.53 Å². The van der Waals surface area contributed by atoms with Crippen molar-refractivity contribution in [1.29, 1.82) is 5.26 Å². The minimum Gasteiger partial charge on any atom is -0.444 e. The molecule has 0 radical (unpaired) electrons. The molecule has 0 unspecified atom stereocenters. The standard InChI is InChI=1S/C19H32N2O2/c1-18(2,3)23-17(22)21-15(14-9-7-6-8-10-14)11-12-16(21)19(4,5)13-20/h14-16H,6-12H2,1-5H3/t15-,16+/m0/s1. The minimum atomic E-state index is -0.541. The molecule has 1 amide bonds. The van der Waals surface area contributed by atoms with E-state index in [1.165, 1.54) is 32.1 Å². The third-order valence-corrected chi connectivity index (χ3v) is 5.35. The Morgan fingerprint density at radius 3 is 2.17 bits per heavy atom. The number of nitrogens with zero attached hydrogens (tertiary/aromatic N) is 2. The van der Waals surface area contributed by atoms with Gasteiger partial charge in [-0.25, -0.2) is 4.79 Å². The first-order valence-corrected chi connectivity index (χ1v) is 9.08. The monoisotopic (exact) mass is 320 g/mol. The molecule has 0 aromatic carbocycles. The Bertz CT molecular complexity index is 467. The van der Waals surface area contributed by atoms with Crippen molar-refractivity contribution in [2.45, 2.75) is 97.2 Å². The second-order valence-corrected chi connectivity index (χ2v) is 8.78. The van der Waals surface area contributed by atoms with E-state index in [0.717, 1.165) is 12.8 Å². The molecule has 2 fully saturated rings. The second-order valence-electron chi connectivity index (χ2n) is 8.78. The summed E-state index contributed by atoms with van der Waals surface area (Å²) in [5.41, 5.74) is -1.04. The van der Waals surface area contributed by atoms with Gasteiger partial charge >= 0.3 is 6.09 Å². The number of amides is 1. The zero-order chi connectivity index (χ0) is 17.3. The first-order chi connectivity index (χ1) is 10.7. The number of carbonyl (C=O) groups is 1. The highest BCUT2D eigenvalue weighted by molar-refractivity contribution is 5.69. The molecule has 1 heterocycles. The van der Waals surface area contributed by atoms with Gasteiger partial charge in [-0.05, 0) is 66.2 Å². The third kappa shape index (κ3) is 4.19. The van der Waals surface area contributed by atoms with Gasteiger partial charge in [-0.2, -0.15) is 5.26 Å². The van der Waals surface area contributed by atoms with Gasteiger partial charge in [0.05, 0.1) is 17.5 Å². The lowest BCUT2D eigenvalue weighted by atomic mass is 9.83. The molecule has 2 aliphatic rings. The van der Waals surface area contributed by atoms with Gasteiger partial charge in [0.1, 0.15) is 5.60 Å². The molecule has 130 valence electrons. The fraction of sp³-hybridized carbons (Fsp3) is 0.895. The molecule has 23 heavy (non-hydrogen) atoms. The summed E-state index contributed by atoms with van der Waals surface area (Å²) in [4.78, 5) is 14.8. The van der Waals surface area contributed by atoms with Crippen molar-refractivity contribution in [2.75, 3.05) is 0 Å². The molecule has 1 aliphatic carbocycles. The van der Waals surface area contributed by atoms with Crippen LogP contribution < -0.4 is 0 Å². The second kappa shape index (κ2) is 6.71. The van der Waals surface area contributed by atoms with Crippen molar-refractivity contribution in [3.8, 4) is 6.07 Å². The number of ether oxygens (including phenoxy) is 1. The van der Waals surface area contributed by atoms with Crippen LogP contribution in [0.1, 0.15) is 79.6 Å². The van der Waals surface area contributed by atoms with Gasteiger partial charge in [-0.1, -0.05) is 19.3 Å². The SMILES string of the molecule is CC(C)(C)OC(=O)N1[C@H](C2CCCCC2)CC[C@@H]1C(C)(C)C#N. The third-order valence-electron chi connectivity index (χ3n) is 5.35. The molecule has 1 saturated heterocycles. The largest absolute Gasteiger partial charge is 0.444 e. The van der Waals surface area contributed by atoms with Crippen molar-refractivity contribution in [2.24, 2.45) is 11.3 Å². The van der Waals surface area contributed by atoms with Gasteiger partial charge in [0, 0.05) is 6.04 Å². The van der Waals surface area contributed by atoms with E-state index in [0.29, 0.717) is 5.92 Å². The summed E-state index contributed by atoms with van der Waals surface area (Å²) < 4.78 is 5.69. The lowest BCUT2D eigenvalue weighted by molar-refractivity contribution is -0.00231. The van der Waals surface area contributed by atoms with E-state index in [-0.39, 0.29) is 18.2 Å². The molecule has 4 nitrogen and oxygen atoms in total. The maximum atomic E-state index is 12.9. The summed E-state index contributed by atoms with van der Waals surface area (Å²) in [7, 11) is 0. The van der Waals surface area contributed by atoms with Crippen LogP contribution in [0.3, 0.4) is 0 Å². The predicted octanol–water partition coefficient (Wildman–Crippen LogP) is 4.88. The van der Waals surface area contributed by atoms with Crippen LogP contribution in [0.15, 0.2) is 0 Å². The van der Waals surface area contributed by atoms with Crippen LogP contribution in [0.2, 0.25) is 0 Å². The molecule has 0 aromatic rings. The zero-order valence-electron chi connectivity index (χ0n) is 15.4. The molecule has 0 spiro atoms. The predicted molar refractivity (Wildman–Crippen MR) is 90.9 cm³/mol. The number of hydrogen-bond donors (Lipinski definition) is 0. The average Bonchev–Trinajstić information content (AvgIpc) is 2.92. The molecule has 0 bridgehead atoms. The number of likely N-dealkylation sites (tertiary alicyclic amines) is 1. The summed E-state index contributed by atoms with van der Waals surface area (Å²) in [6.07, 6.45) is 7.89. The van der Waals surface area contributed by atoms with Crippen LogP contribution in [0.25, 0.3) is 0 Å². The van der Waals surface area contributed by atoms with Crippen molar-refractivity contribution in [3.63, 3.8) is 0 Å². The molecular weight excluding hydrogens is 288 g/mol. The van der Waals surface area contributed by atoms with Crippen molar-refractivity contribution >= 4 is 6.09 Å². The number of hydrogen-bond acceptors (Lipinski definition) is 3. The Balaban J connectivity index is 2.24.